The van der Waals surface area contributed by atoms with Gasteiger partial charge in [0.1, 0.15) is 5.84 Å². The zero-order valence-corrected chi connectivity index (χ0v) is 10.1. The predicted octanol–water partition coefficient (Wildman–Crippen LogP) is 2.53. The summed E-state index contributed by atoms with van der Waals surface area (Å²) in [4.78, 5) is 4.53. The van der Waals surface area contributed by atoms with Crippen LogP contribution in [0.2, 0.25) is 0 Å². The molecule has 0 aliphatic heterocycles. The van der Waals surface area contributed by atoms with E-state index in [0.29, 0.717) is 11.9 Å². The van der Waals surface area contributed by atoms with Crippen molar-refractivity contribution in [1.29, 1.82) is 0 Å². The van der Waals surface area contributed by atoms with Gasteiger partial charge in [0.2, 0.25) is 0 Å². The minimum atomic E-state index is 0.334. The van der Waals surface area contributed by atoms with E-state index in [1.807, 2.05) is 42.1 Å². The van der Waals surface area contributed by atoms with Gasteiger partial charge in [-0.15, -0.1) is 0 Å². The molecule has 15 heavy (non-hydrogen) atoms. The van der Waals surface area contributed by atoms with Crippen molar-refractivity contribution < 1.29 is 0 Å². The molecule has 1 aromatic rings. The van der Waals surface area contributed by atoms with E-state index < -0.39 is 0 Å². The minimum absolute atomic E-state index is 0.334. The summed E-state index contributed by atoms with van der Waals surface area (Å²) in [6.07, 6.45) is 3.13. The Kier molecular flexibility index (Phi) is 5.26. The van der Waals surface area contributed by atoms with Gasteiger partial charge in [-0.2, -0.15) is 11.8 Å². The van der Waals surface area contributed by atoms with E-state index in [-0.39, 0.29) is 0 Å². The van der Waals surface area contributed by atoms with Crippen molar-refractivity contribution in [2.45, 2.75) is 19.4 Å². The maximum atomic E-state index is 5.94. The molecule has 0 fully saturated rings. The Morgan fingerprint density at radius 1 is 1.40 bits per heavy atom. The first-order valence-electron chi connectivity index (χ1n) is 5.15. The van der Waals surface area contributed by atoms with Gasteiger partial charge in [0.15, 0.2) is 0 Å². The zero-order chi connectivity index (χ0) is 11.1. The van der Waals surface area contributed by atoms with Crippen LogP contribution < -0.4 is 5.73 Å². The summed E-state index contributed by atoms with van der Waals surface area (Å²) in [5, 5.41) is 0. The maximum Gasteiger partial charge on any atom is 0.125 e. The third-order valence-electron chi connectivity index (χ3n) is 2.22. The van der Waals surface area contributed by atoms with E-state index in [1.54, 1.807) is 0 Å². The standard InChI is InChI=1S/C12H18N2S/c1-3-11(9-15-2)14-12(13)10-7-5-4-6-8-10/h4-8,11H,3,9H2,1-2H3,(H2,13,14). The number of rotatable bonds is 5. The molecule has 0 saturated carbocycles. The maximum absolute atomic E-state index is 5.94. The number of nitrogens with zero attached hydrogens (tertiary/aromatic N) is 1. The second-order valence-corrected chi connectivity index (χ2v) is 4.31. The van der Waals surface area contributed by atoms with Gasteiger partial charge in [0.25, 0.3) is 0 Å². The molecule has 0 amide bonds. The Bertz CT molecular complexity index is 309. The van der Waals surface area contributed by atoms with E-state index in [9.17, 15) is 0 Å². The van der Waals surface area contributed by atoms with Crippen LogP contribution >= 0.6 is 11.8 Å². The van der Waals surface area contributed by atoms with Crippen LogP contribution in [0.5, 0.6) is 0 Å². The SMILES string of the molecule is CCC(CSC)N=C(N)c1ccccc1. The van der Waals surface area contributed by atoms with Gasteiger partial charge < -0.3 is 5.73 Å². The Balaban J connectivity index is 2.74. The molecule has 1 aromatic carbocycles. The predicted molar refractivity (Wildman–Crippen MR) is 69.6 cm³/mol. The van der Waals surface area contributed by atoms with Crippen LogP contribution in [-0.4, -0.2) is 23.9 Å². The van der Waals surface area contributed by atoms with Crippen molar-refractivity contribution in [3.8, 4) is 0 Å². The molecule has 1 atom stereocenters. The summed E-state index contributed by atoms with van der Waals surface area (Å²) in [7, 11) is 0. The lowest BCUT2D eigenvalue weighted by molar-refractivity contribution is 0.727. The Labute approximate surface area is 96.0 Å². The number of thioether (sulfide) groups is 1. The number of aliphatic imine (C=N–C) groups is 1. The fourth-order valence-electron chi connectivity index (χ4n) is 1.32. The molecule has 0 radical (unpaired) electrons. The lowest BCUT2D eigenvalue weighted by atomic mass is 10.2. The molecule has 0 aliphatic rings. The smallest absolute Gasteiger partial charge is 0.125 e. The van der Waals surface area contributed by atoms with Gasteiger partial charge in [-0.25, -0.2) is 0 Å². The van der Waals surface area contributed by atoms with E-state index in [0.717, 1.165) is 17.7 Å². The quantitative estimate of drug-likeness (QED) is 0.614. The highest BCUT2D eigenvalue weighted by molar-refractivity contribution is 7.98. The van der Waals surface area contributed by atoms with E-state index >= 15 is 0 Å². The summed E-state index contributed by atoms with van der Waals surface area (Å²) in [6, 6.07) is 10.3. The molecule has 3 heteroatoms. The molecule has 1 unspecified atom stereocenters. The molecule has 0 aliphatic carbocycles. The van der Waals surface area contributed by atoms with Crippen LogP contribution in [0, 0.1) is 0 Å². The highest BCUT2D eigenvalue weighted by Crippen LogP contribution is 2.07. The molecular formula is C12H18N2S. The first-order chi connectivity index (χ1) is 7.27. The Morgan fingerprint density at radius 2 is 2.07 bits per heavy atom. The summed E-state index contributed by atoms with van der Waals surface area (Å²) < 4.78 is 0. The molecule has 2 N–H and O–H groups in total. The topological polar surface area (TPSA) is 38.4 Å². The first kappa shape index (κ1) is 12.1. The largest absolute Gasteiger partial charge is 0.383 e. The summed E-state index contributed by atoms with van der Waals surface area (Å²) >= 11 is 1.81. The lowest BCUT2D eigenvalue weighted by Crippen LogP contribution is -2.18. The van der Waals surface area contributed by atoms with Gasteiger partial charge in [-0.1, -0.05) is 37.3 Å². The third-order valence-corrected chi connectivity index (χ3v) is 2.94. The molecule has 0 bridgehead atoms. The first-order valence-corrected chi connectivity index (χ1v) is 6.55. The van der Waals surface area contributed by atoms with Crippen LogP contribution in [0.4, 0.5) is 0 Å². The Hall–Kier alpha value is -0.960. The van der Waals surface area contributed by atoms with E-state index in [4.69, 9.17) is 5.73 Å². The lowest BCUT2D eigenvalue weighted by Gasteiger charge is -2.09. The number of nitrogens with two attached hydrogens (primary N) is 1. The van der Waals surface area contributed by atoms with Crippen molar-refractivity contribution in [3.05, 3.63) is 35.9 Å². The van der Waals surface area contributed by atoms with Crippen molar-refractivity contribution in [2.24, 2.45) is 10.7 Å². The van der Waals surface area contributed by atoms with Crippen LogP contribution in [0.25, 0.3) is 0 Å². The normalized spacial score (nSPS) is 13.9. The average Bonchev–Trinajstić information content (AvgIpc) is 2.29. The minimum Gasteiger partial charge on any atom is -0.383 e. The molecular weight excluding hydrogens is 204 g/mol. The van der Waals surface area contributed by atoms with E-state index in [2.05, 4.69) is 18.2 Å². The second kappa shape index (κ2) is 6.51. The summed E-state index contributed by atoms with van der Waals surface area (Å²) in [5.74, 6) is 1.68. The molecule has 0 aromatic heterocycles. The van der Waals surface area contributed by atoms with Crippen LogP contribution in [0.1, 0.15) is 18.9 Å². The summed E-state index contributed by atoms with van der Waals surface area (Å²) in [5.41, 5.74) is 6.95. The van der Waals surface area contributed by atoms with Gasteiger partial charge in [-0.05, 0) is 12.7 Å². The molecule has 0 spiro atoms. The molecule has 0 saturated heterocycles. The van der Waals surface area contributed by atoms with Crippen molar-refractivity contribution >= 4 is 17.6 Å². The molecule has 1 rings (SSSR count). The second-order valence-electron chi connectivity index (χ2n) is 3.40. The molecule has 82 valence electrons. The molecule has 0 heterocycles. The van der Waals surface area contributed by atoms with Gasteiger partial charge in [0, 0.05) is 11.3 Å². The van der Waals surface area contributed by atoms with Crippen LogP contribution in [0.3, 0.4) is 0 Å². The van der Waals surface area contributed by atoms with Gasteiger partial charge in [-0.3, -0.25) is 4.99 Å². The molecule has 2 nitrogen and oxygen atoms in total. The third kappa shape index (κ3) is 3.96. The average molecular weight is 222 g/mol. The van der Waals surface area contributed by atoms with Gasteiger partial charge in [0.05, 0.1) is 6.04 Å². The van der Waals surface area contributed by atoms with Gasteiger partial charge >= 0.3 is 0 Å². The highest BCUT2D eigenvalue weighted by atomic mass is 32.2. The Morgan fingerprint density at radius 3 is 2.60 bits per heavy atom. The number of benzene rings is 1. The van der Waals surface area contributed by atoms with E-state index in [1.165, 1.54) is 0 Å². The fourth-order valence-corrected chi connectivity index (χ4v) is 2.01. The van der Waals surface area contributed by atoms with Crippen LogP contribution in [-0.2, 0) is 0 Å². The van der Waals surface area contributed by atoms with Crippen molar-refractivity contribution in [2.75, 3.05) is 12.0 Å². The summed E-state index contributed by atoms with van der Waals surface area (Å²) in [6.45, 7) is 2.14. The highest BCUT2D eigenvalue weighted by Gasteiger charge is 2.04. The number of hydrogen-bond donors (Lipinski definition) is 1. The monoisotopic (exact) mass is 222 g/mol. The van der Waals surface area contributed by atoms with Crippen molar-refractivity contribution in [3.63, 3.8) is 0 Å². The van der Waals surface area contributed by atoms with Crippen LogP contribution in [0.15, 0.2) is 35.3 Å². The number of amidine groups is 1. The number of hydrogen-bond acceptors (Lipinski definition) is 2. The fraction of sp³-hybridized carbons (Fsp3) is 0.417. The zero-order valence-electron chi connectivity index (χ0n) is 9.31. The van der Waals surface area contributed by atoms with Crippen molar-refractivity contribution in [1.82, 2.24) is 0 Å².